The van der Waals surface area contributed by atoms with E-state index in [0.717, 1.165) is 17.9 Å². The quantitative estimate of drug-likeness (QED) is 0.812. The van der Waals surface area contributed by atoms with E-state index in [-0.39, 0.29) is 5.91 Å². The lowest BCUT2D eigenvalue weighted by molar-refractivity contribution is 0.102. The van der Waals surface area contributed by atoms with E-state index in [0.29, 0.717) is 16.2 Å². The fourth-order valence-electron chi connectivity index (χ4n) is 2.38. The van der Waals surface area contributed by atoms with E-state index in [1.54, 1.807) is 18.3 Å². The highest BCUT2D eigenvalue weighted by molar-refractivity contribution is 7.71. The average Bonchev–Trinajstić information content (AvgIpc) is 2.49. The van der Waals surface area contributed by atoms with Crippen LogP contribution in [0, 0.1) is 4.64 Å². The zero-order valence-corrected chi connectivity index (χ0v) is 13.9. The average molecular weight is 315 g/mol. The molecule has 1 aromatic carbocycles. The first-order chi connectivity index (χ1) is 10.5. The summed E-state index contributed by atoms with van der Waals surface area (Å²) in [5.74, 6) is -0.203. The molecule has 2 aromatic rings. The number of aromatic amines is 1. The van der Waals surface area contributed by atoms with Crippen molar-refractivity contribution < 1.29 is 4.79 Å². The third-order valence-corrected chi connectivity index (χ3v) is 3.82. The van der Waals surface area contributed by atoms with E-state index < -0.39 is 0 Å². The molecule has 0 radical (unpaired) electrons. The minimum atomic E-state index is -0.203. The van der Waals surface area contributed by atoms with Gasteiger partial charge in [-0.3, -0.25) is 4.79 Å². The molecule has 2 N–H and O–H groups in total. The monoisotopic (exact) mass is 315 g/mol. The predicted octanol–water partition coefficient (Wildman–Crippen LogP) is 4.23. The van der Waals surface area contributed by atoms with Crippen LogP contribution < -0.4 is 10.2 Å². The number of H-pyrrole nitrogens is 1. The fraction of sp³-hybridized carbons (Fsp3) is 0.294. The first kappa shape index (κ1) is 16.2. The molecular formula is C17H21N3OS. The number of benzene rings is 1. The Balaban J connectivity index is 2.13. The molecule has 5 heteroatoms. The topological polar surface area (TPSA) is 48.1 Å². The largest absolute Gasteiger partial charge is 0.369 e. The standard InChI is InChI=1S/C17H21N3OS/c1-4-20(12(2)3)14-9-7-13(8-10-14)19-16(21)15-6-5-11-18-17(15)22/h5-12H,4H2,1-3H3,(H,18,22)(H,19,21). The van der Waals surface area contributed by atoms with Gasteiger partial charge in [-0.15, -0.1) is 0 Å². The molecule has 0 bridgehead atoms. The van der Waals surface area contributed by atoms with E-state index in [1.165, 1.54) is 0 Å². The molecule has 1 amide bonds. The molecule has 0 aliphatic heterocycles. The van der Waals surface area contributed by atoms with Crippen LogP contribution in [-0.4, -0.2) is 23.5 Å². The molecule has 0 aliphatic carbocycles. The van der Waals surface area contributed by atoms with E-state index in [2.05, 4.69) is 36.0 Å². The lowest BCUT2D eigenvalue weighted by atomic mass is 10.2. The molecule has 0 atom stereocenters. The summed E-state index contributed by atoms with van der Waals surface area (Å²) in [6.07, 6.45) is 1.71. The van der Waals surface area contributed by atoms with Gasteiger partial charge in [-0.25, -0.2) is 0 Å². The maximum absolute atomic E-state index is 12.2. The van der Waals surface area contributed by atoms with Crippen molar-refractivity contribution in [3.8, 4) is 0 Å². The second kappa shape index (κ2) is 7.22. The van der Waals surface area contributed by atoms with E-state index in [9.17, 15) is 4.79 Å². The molecule has 0 saturated heterocycles. The lowest BCUT2D eigenvalue weighted by Crippen LogP contribution is -2.30. The molecule has 0 unspecified atom stereocenters. The van der Waals surface area contributed by atoms with Gasteiger partial charge in [-0.2, -0.15) is 0 Å². The van der Waals surface area contributed by atoms with Gasteiger partial charge < -0.3 is 15.2 Å². The molecule has 0 aliphatic rings. The number of amides is 1. The van der Waals surface area contributed by atoms with Crippen molar-refractivity contribution in [2.24, 2.45) is 0 Å². The van der Waals surface area contributed by atoms with Crippen molar-refractivity contribution in [3.05, 3.63) is 52.8 Å². The highest BCUT2D eigenvalue weighted by Gasteiger charge is 2.10. The number of rotatable bonds is 5. The molecular weight excluding hydrogens is 294 g/mol. The number of nitrogens with zero attached hydrogens (tertiary/aromatic N) is 1. The first-order valence-corrected chi connectivity index (χ1v) is 7.79. The third-order valence-electron chi connectivity index (χ3n) is 3.48. The molecule has 4 nitrogen and oxygen atoms in total. The SMILES string of the molecule is CCN(c1ccc(NC(=O)c2ccc[nH]c2=S)cc1)C(C)C. The van der Waals surface area contributed by atoms with E-state index in [4.69, 9.17) is 12.2 Å². The summed E-state index contributed by atoms with van der Waals surface area (Å²) in [6, 6.07) is 11.8. The lowest BCUT2D eigenvalue weighted by Gasteiger charge is -2.27. The maximum Gasteiger partial charge on any atom is 0.258 e. The zero-order chi connectivity index (χ0) is 16.1. The van der Waals surface area contributed by atoms with Crippen LogP contribution in [0.25, 0.3) is 0 Å². The van der Waals surface area contributed by atoms with Crippen molar-refractivity contribution >= 4 is 29.5 Å². The number of hydrogen-bond donors (Lipinski definition) is 2. The smallest absolute Gasteiger partial charge is 0.258 e. The van der Waals surface area contributed by atoms with Crippen LogP contribution in [0.3, 0.4) is 0 Å². The van der Waals surface area contributed by atoms with Crippen molar-refractivity contribution in [1.82, 2.24) is 4.98 Å². The Bertz CT molecular complexity index is 692. The van der Waals surface area contributed by atoms with Crippen LogP contribution in [0.1, 0.15) is 31.1 Å². The van der Waals surface area contributed by atoms with Crippen LogP contribution >= 0.6 is 12.2 Å². The number of aromatic nitrogens is 1. The first-order valence-electron chi connectivity index (χ1n) is 7.38. The molecule has 0 spiro atoms. The summed E-state index contributed by atoms with van der Waals surface area (Å²) in [4.78, 5) is 17.4. The maximum atomic E-state index is 12.2. The molecule has 0 fully saturated rings. The summed E-state index contributed by atoms with van der Waals surface area (Å²) < 4.78 is 0.439. The van der Waals surface area contributed by atoms with Crippen LogP contribution in [0.15, 0.2) is 42.6 Å². The number of hydrogen-bond acceptors (Lipinski definition) is 3. The summed E-state index contributed by atoms with van der Waals surface area (Å²) in [6.45, 7) is 7.40. The Morgan fingerprint density at radius 3 is 2.50 bits per heavy atom. The Labute approximate surface area is 136 Å². The molecule has 1 heterocycles. The number of pyridine rings is 1. The van der Waals surface area contributed by atoms with Crippen molar-refractivity contribution in [3.63, 3.8) is 0 Å². The van der Waals surface area contributed by atoms with Gasteiger partial charge in [0.05, 0.1) is 5.56 Å². The van der Waals surface area contributed by atoms with Crippen molar-refractivity contribution in [2.45, 2.75) is 26.8 Å². The van der Waals surface area contributed by atoms with Gasteiger partial charge in [0.25, 0.3) is 5.91 Å². The Morgan fingerprint density at radius 2 is 1.95 bits per heavy atom. The Morgan fingerprint density at radius 1 is 1.27 bits per heavy atom. The number of nitrogens with one attached hydrogen (secondary N) is 2. The molecule has 116 valence electrons. The van der Waals surface area contributed by atoms with Gasteiger partial charge in [0, 0.05) is 30.2 Å². The highest BCUT2D eigenvalue weighted by Crippen LogP contribution is 2.20. The summed E-state index contributed by atoms with van der Waals surface area (Å²) in [5.41, 5.74) is 2.37. The normalized spacial score (nSPS) is 10.5. The Kier molecular flexibility index (Phi) is 5.33. The van der Waals surface area contributed by atoms with E-state index in [1.807, 2.05) is 24.3 Å². The predicted molar refractivity (Wildman–Crippen MR) is 94.2 cm³/mol. The molecule has 2 rings (SSSR count). The van der Waals surface area contributed by atoms with Gasteiger partial charge in [0.15, 0.2) is 0 Å². The van der Waals surface area contributed by atoms with Gasteiger partial charge in [-0.1, -0.05) is 12.2 Å². The highest BCUT2D eigenvalue weighted by atomic mass is 32.1. The van der Waals surface area contributed by atoms with Gasteiger partial charge in [0.2, 0.25) is 0 Å². The summed E-state index contributed by atoms with van der Waals surface area (Å²) in [5, 5.41) is 2.87. The fourth-order valence-corrected chi connectivity index (χ4v) is 2.61. The minimum Gasteiger partial charge on any atom is -0.369 e. The van der Waals surface area contributed by atoms with E-state index >= 15 is 0 Å². The van der Waals surface area contributed by atoms with Crippen molar-refractivity contribution in [1.29, 1.82) is 0 Å². The number of carbonyl (C=O) groups excluding carboxylic acids is 1. The molecule has 22 heavy (non-hydrogen) atoms. The van der Waals surface area contributed by atoms with Crippen molar-refractivity contribution in [2.75, 3.05) is 16.8 Å². The summed E-state index contributed by atoms with van der Waals surface area (Å²) in [7, 11) is 0. The number of carbonyl (C=O) groups is 1. The third kappa shape index (κ3) is 3.74. The Hall–Kier alpha value is -2.14. The van der Waals surface area contributed by atoms with Crippen LogP contribution in [0.5, 0.6) is 0 Å². The second-order valence-electron chi connectivity index (χ2n) is 5.29. The van der Waals surface area contributed by atoms with Gasteiger partial charge in [-0.05, 0) is 57.2 Å². The summed E-state index contributed by atoms with van der Waals surface area (Å²) >= 11 is 5.12. The molecule has 1 aromatic heterocycles. The minimum absolute atomic E-state index is 0.203. The van der Waals surface area contributed by atoms with Crippen LogP contribution in [0.2, 0.25) is 0 Å². The molecule has 0 saturated carbocycles. The van der Waals surface area contributed by atoms with Gasteiger partial charge in [0.1, 0.15) is 4.64 Å². The van der Waals surface area contributed by atoms with Gasteiger partial charge >= 0.3 is 0 Å². The second-order valence-corrected chi connectivity index (χ2v) is 5.70. The van der Waals surface area contributed by atoms with Crippen LogP contribution in [0.4, 0.5) is 11.4 Å². The zero-order valence-electron chi connectivity index (χ0n) is 13.1. The van der Waals surface area contributed by atoms with Crippen LogP contribution in [-0.2, 0) is 0 Å². The number of anilines is 2.